The molecule has 0 atom stereocenters. The second-order valence-electron chi connectivity index (χ2n) is 6.48. The second-order valence-corrected chi connectivity index (χ2v) is 6.48. The standard InChI is InChI=1S/C21H16O7/c1-24-16-7-11-12(6-14(16)22)20(25-2)19-13(8-26-21(19)23)18(11)10-3-4-15-17(5-10)28-9-27-15/h3-7,22H,8-9H2,1-2H3. The first-order chi connectivity index (χ1) is 13.6. The number of phenolic OH excluding ortho intramolecular Hbond substituents is 1. The van der Waals surface area contributed by atoms with Crippen LogP contribution in [-0.4, -0.2) is 32.1 Å². The Morgan fingerprint density at radius 3 is 2.54 bits per heavy atom. The fraction of sp³-hybridized carbons (Fsp3) is 0.190. The van der Waals surface area contributed by atoms with Gasteiger partial charge in [-0.2, -0.15) is 0 Å². The Kier molecular flexibility index (Phi) is 3.52. The summed E-state index contributed by atoms with van der Waals surface area (Å²) in [5.74, 6) is 1.49. The zero-order valence-electron chi connectivity index (χ0n) is 15.2. The smallest absolute Gasteiger partial charge is 0.342 e. The lowest BCUT2D eigenvalue weighted by atomic mass is 9.89. The third-order valence-electron chi connectivity index (χ3n) is 5.08. The number of cyclic esters (lactones) is 1. The lowest BCUT2D eigenvalue weighted by Gasteiger charge is -2.17. The van der Waals surface area contributed by atoms with Crippen LogP contribution in [0.4, 0.5) is 0 Å². The van der Waals surface area contributed by atoms with E-state index in [0.717, 1.165) is 22.1 Å². The maximum Gasteiger partial charge on any atom is 0.342 e. The van der Waals surface area contributed by atoms with Gasteiger partial charge in [-0.25, -0.2) is 4.79 Å². The van der Waals surface area contributed by atoms with Gasteiger partial charge in [0.2, 0.25) is 6.79 Å². The van der Waals surface area contributed by atoms with E-state index in [1.807, 2.05) is 18.2 Å². The molecule has 7 heteroatoms. The van der Waals surface area contributed by atoms with Crippen molar-refractivity contribution in [3.05, 3.63) is 41.5 Å². The number of fused-ring (bicyclic) bond motifs is 3. The largest absolute Gasteiger partial charge is 0.504 e. The zero-order valence-corrected chi connectivity index (χ0v) is 15.2. The molecule has 1 N–H and O–H groups in total. The first kappa shape index (κ1) is 16.6. The number of rotatable bonds is 3. The summed E-state index contributed by atoms with van der Waals surface area (Å²) in [7, 11) is 2.97. The minimum atomic E-state index is -0.453. The number of carbonyl (C=O) groups is 1. The van der Waals surface area contributed by atoms with E-state index in [-0.39, 0.29) is 19.1 Å². The van der Waals surface area contributed by atoms with E-state index in [0.29, 0.717) is 33.9 Å². The summed E-state index contributed by atoms with van der Waals surface area (Å²) in [5.41, 5.74) is 2.72. The first-order valence-corrected chi connectivity index (χ1v) is 8.63. The topological polar surface area (TPSA) is 83.5 Å². The normalized spacial score (nSPS) is 14.1. The van der Waals surface area contributed by atoms with Crippen LogP contribution in [0.15, 0.2) is 30.3 Å². The quantitative estimate of drug-likeness (QED) is 0.695. The molecular weight excluding hydrogens is 364 g/mol. The Balaban J connectivity index is 1.91. The molecule has 0 saturated heterocycles. The molecule has 2 aliphatic rings. The van der Waals surface area contributed by atoms with Gasteiger partial charge < -0.3 is 28.8 Å². The Morgan fingerprint density at radius 2 is 1.75 bits per heavy atom. The highest BCUT2D eigenvalue weighted by atomic mass is 16.7. The predicted octanol–water partition coefficient (Wildman–Crippen LogP) is 3.63. The molecular formula is C21H16O7. The fourth-order valence-electron chi connectivity index (χ4n) is 3.85. The van der Waals surface area contributed by atoms with Gasteiger partial charge in [-0.05, 0) is 40.8 Å². The van der Waals surface area contributed by atoms with Crippen LogP contribution in [-0.2, 0) is 11.3 Å². The van der Waals surface area contributed by atoms with Crippen LogP contribution in [0, 0.1) is 0 Å². The molecule has 0 spiro atoms. The van der Waals surface area contributed by atoms with Gasteiger partial charge in [0, 0.05) is 10.9 Å². The molecule has 142 valence electrons. The highest BCUT2D eigenvalue weighted by molar-refractivity contribution is 6.12. The van der Waals surface area contributed by atoms with Crippen LogP contribution in [0.3, 0.4) is 0 Å². The van der Waals surface area contributed by atoms with Crippen LogP contribution >= 0.6 is 0 Å². The van der Waals surface area contributed by atoms with E-state index in [2.05, 4.69) is 0 Å². The number of hydrogen-bond acceptors (Lipinski definition) is 7. The minimum absolute atomic E-state index is 0.0451. The molecule has 0 aliphatic carbocycles. The van der Waals surface area contributed by atoms with Gasteiger partial charge in [0.05, 0.1) is 14.2 Å². The first-order valence-electron chi connectivity index (χ1n) is 8.63. The van der Waals surface area contributed by atoms with Crippen LogP contribution in [0.2, 0.25) is 0 Å². The number of phenols is 1. The molecule has 0 bridgehead atoms. The van der Waals surface area contributed by atoms with Gasteiger partial charge in [-0.15, -0.1) is 0 Å². The lowest BCUT2D eigenvalue weighted by molar-refractivity contribution is 0.0533. The average Bonchev–Trinajstić information content (AvgIpc) is 3.32. The molecule has 2 aliphatic heterocycles. The number of ether oxygens (including phenoxy) is 5. The van der Waals surface area contributed by atoms with Crippen molar-refractivity contribution in [1.29, 1.82) is 0 Å². The number of esters is 1. The van der Waals surface area contributed by atoms with Crippen molar-refractivity contribution in [2.75, 3.05) is 21.0 Å². The van der Waals surface area contributed by atoms with Gasteiger partial charge in [0.1, 0.15) is 17.9 Å². The van der Waals surface area contributed by atoms with Crippen LogP contribution in [0.1, 0.15) is 15.9 Å². The van der Waals surface area contributed by atoms with Gasteiger partial charge in [-0.1, -0.05) is 6.07 Å². The minimum Gasteiger partial charge on any atom is -0.504 e. The second kappa shape index (κ2) is 5.95. The van der Waals surface area contributed by atoms with E-state index < -0.39 is 5.97 Å². The van der Waals surface area contributed by atoms with Crippen LogP contribution in [0.5, 0.6) is 28.7 Å². The molecule has 0 fully saturated rings. The molecule has 28 heavy (non-hydrogen) atoms. The van der Waals surface area contributed by atoms with Crippen molar-refractivity contribution in [2.24, 2.45) is 0 Å². The maximum atomic E-state index is 12.4. The van der Waals surface area contributed by atoms with Crippen molar-refractivity contribution in [2.45, 2.75) is 6.61 Å². The summed E-state index contributed by atoms with van der Waals surface area (Å²) in [6.07, 6.45) is 0. The maximum absolute atomic E-state index is 12.4. The summed E-state index contributed by atoms with van der Waals surface area (Å²) in [6, 6.07) is 8.87. The number of benzene rings is 3. The summed E-state index contributed by atoms with van der Waals surface area (Å²) in [5, 5.41) is 11.7. The number of methoxy groups -OCH3 is 2. The van der Waals surface area contributed by atoms with Crippen molar-refractivity contribution in [1.82, 2.24) is 0 Å². The SMILES string of the molecule is COc1cc2c(-c3ccc4c(c3)OCO4)c3c(c(OC)c2cc1O)C(=O)OC3. The Hall–Kier alpha value is -3.61. The zero-order chi connectivity index (χ0) is 19.4. The average molecular weight is 380 g/mol. The molecule has 2 heterocycles. The lowest BCUT2D eigenvalue weighted by Crippen LogP contribution is -2.01. The molecule has 7 nitrogen and oxygen atoms in total. The molecule has 3 aromatic carbocycles. The fourth-order valence-corrected chi connectivity index (χ4v) is 3.85. The molecule has 5 rings (SSSR count). The number of aromatic hydroxyl groups is 1. The molecule has 0 radical (unpaired) electrons. The van der Waals surface area contributed by atoms with E-state index >= 15 is 0 Å². The third kappa shape index (κ3) is 2.19. The highest BCUT2D eigenvalue weighted by Crippen LogP contribution is 2.48. The Labute approximate surface area is 160 Å². The van der Waals surface area contributed by atoms with Crippen molar-refractivity contribution >= 4 is 16.7 Å². The van der Waals surface area contributed by atoms with Gasteiger partial charge >= 0.3 is 5.97 Å². The monoisotopic (exact) mass is 380 g/mol. The highest BCUT2D eigenvalue weighted by Gasteiger charge is 2.33. The van der Waals surface area contributed by atoms with Crippen LogP contribution in [0.25, 0.3) is 21.9 Å². The summed E-state index contributed by atoms with van der Waals surface area (Å²) in [4.78, 5) is 12.4. The number of carbonyl (C=O) groups excluding carboxylic acids is 1. The van der Waals surface area contributed by atoms with Gasteiger partial charge in [0.15, 0.2) is 23.0 Å². The Morgan fingerprint density at radius 1 is 0.929 bits per heavy atom. The third-order valence-corrected chi connectivity index (χ3v) is 5.08. The predicted molar refractivity (Wildman–Crippen MR) is 99.4 cm³/mol. The van der Waals surface area contributed by atoms with Crippen LogP contribution < -0.4 is 18.9 Å². The molecule has 0 amide bonds. The van der Waals surface area contributed by atoms with Gasteiger partial charge in [0.25, 0.3) is 0 Å². The summed E-state index contributed by atoms with van der Waals surface area (Å²) >= 11 is 0. The molecule has 0 unspecified atom stereocenters. The van der Waals surface area contributed by atoms with E-state index in [9.17, 15) is 9.90 Å². The summed E-state index contributed by atoms with van der Waals surface area (Å²) in [6.45, 7) is 0.303. The number of hydrogen-bond donors (Lipinski definition) is 1. The van der Waals surface area contributed by atoms with E-state index in [1.165, 1.54) is 20.3 Å². The Bertz CT molecular complexity index is 1150. The summed E-state index contributed by atoms with van der Waals surface area (Å²) < 4.78 is 27.1. The van der Waals surface area contributed by atoms with E-state index in [4.69, 9.17) is 23.7 Å². The molecule has 3 aromatic rings. The van der Waals surface area contributed by atoms with Crippen molar-refractivity contribution in [3.63, 3.8) is 0 Å². The molecule has 0 saturated carbocycles. The van der Waals surface area contributed by atoms with Gasteiger partial charge in [-0.3, -0.25) is 0 Å². The van der Waals surface area contributed by atoms with Crippen molar-refractivity contribution in [3.8, 4) is 39.9 Å². The van der Waals surface area contributed by atoms with E-state index in [1.54, 1.807) is 6.07 Å². The molecule has 0 aromatic heterocycles. The van der Waals surface area contributed by atoms with Crippen molar-refractivity contribution < 1.29 is 33.6 Å².